The number of fused-ring (bicyclic) bond motifs is 4. The molecule has 4 unspecified atom stereocenters. The Morgan fingerprint density at radius 1 is 1.34 bits per heavy atom. The molecule has 2 amide bonds. The Labute approximate surface area is 165 Å². The van der Waals surface area contributed by atoms with Gasteiger partial charge < -0.3 is 42.0 Å². The number of carbonyl (C=O) groups is 4. The highest BCUT2D eigenvalue weighted by molar-refractivity contribution is 6.25. The molecule has 29 heavy (non-hydrogen) atoms. The minimum Gasteiger partial charge on any atom is -0.465 e. The molecule has 8 N–H and O–H groups in total. The molecule has 0 bridgehead atoms. The first-order valence-electron chi connectivity index (χ1n) is 8.86. The van der Waals surface area contributed by atoms with Gasteiger partial charge in [0.15, 0.2) is 5.72 Å². The van der Waals surface area contributed by atoms with Crippen molar-refractivity contribution in [1.29, 1.82) is 0 Å². The number of hydrogen-bond acceptors (Lipinski definition) is 9. The minimum atomic E-state index is -1.33. The number of piperazine rings is 1. The first-order chi connectivity index (χ1) is 13.6. The van der Waals surface area contributed by atoms with Gasteiger partial charge in [-0.25, -0.2) is 4.79 Å². The van der Waals surface area contributed by atoms with Crippen LogP contribution >= 0.6 is 0 Å². The van der Waals surface area contributed by atoms with Gasteiger partial charge in [0.2, 0.25) is 17.5 Å². The summed E-state index contributed by atoms with van der Waals surface area (Å²) in [7, 11) is 1.53. The Morgan fingerprint density at radius 2 is 1.97 bits per heavy atom. The number of Topliss-reactive ketones (excluding diaryl/α,β-unsaturated/α-hetero) is 2. The SMILES string of the molecule is COC12C(CO)C3=C(C(=O)C(C)=C(NCC(N)=O)C3=O)N1CC1NC12.NC(=O)O. The number of carboxylic acid groups (broad SMARTS) is 1. The molecule has 0 aromatic rings. The lowest BCUT2D eigenvalue weighted by Crippen LogP contribution is -2.54. The third-order valence-corrected chi connectivity index (χ3v) is 5.66. The van der Waals surface area contributed by atoms with Crippen LogP contribution in [0.4, 0.5) is 4.79 Å². The molecule has 4 aliphatic rings. The van der Waals surface area contributed by atoms with Crippen LogP contribution in [0.3, 0.4) is 0 Å². The summed E-state index contributed by atoms with van der Waals surface area (Å²) in [6, 6.07) is 0.146. The second-order valence-electron chi connectivity index (χ2n) is 7.13. The summed E-state index contributed by atoms with van der Waals surface area (Å²) in [5.41, 5.74) is 9.08. The van der Waals surface area contributed by atoms with Crippen LogP contribution in [0.2, 0.25) is 0 Å². The van der Waals surface area contributed by atoms with Gasteiger partial charge in [-0.1, -0.05) is 0 Å². The summed E-state index contributed by atoms with van der Waals surface area (Å²) < 4.78 is 5.78. The fourth-order valence-electron chi connectivity index (χ4n) is 4.53. The van der Waals surface area contributed by atoms with E-state index in [-0.39, 0.29) is 47.9 Å². The van der Waals surface area contributed by atoms with Gasteiger partial charge in [-0.3, -0.25) is 14.4 Å². The van der Waals surface area contributed by atoms with Gasteiger partial charge in [0.05, 0.1) is 36.5 Å². The number of rotatable bonds is 5. The van der Waals surface area contributed by atoms with Crippen molar-refractivity contribution < 1.29 is 34.1 Å². The number of allylic oxidation sites excluding steroid dienone is 2. The maximum atomic E-state index is 13.1. The molecule has 0 aromatic heterocycles. The van der Waals surface area contributed by atoms with Gasteiger partial charge in [0.1, 0.15) is 0 Å². The van der Waals surface area contributed by atoms with Crippen LogP contribution < -0.4 is 22.1 Å². The molecule has 12 heteroatoms. The zero-order valence-electron chi connectivity index (χ0n) is 15.9. The van der Waals surface area contributed by atoms with Crippen molar-refractivity contribution in [2.24, 2.45) is 17.4 Å². The zero-order chi connectivity index (χ0) is 21.7. The van der Waals surface area contributed by atoms with Crippen molar-refractivity contribution in [3.63, 3.8) is 0 Å². The molecular formula is C17H23N5O7. The Bertz CT molecular complexity index is 862. The highest BCUT2D eigenvalue weighted by Crippen LogP contribution is 2.55. The molecule has 158 valence electrons. The van der Waals surface area contributed by atoms with Crippen molar-refractivity contribution >= 4 is 23.6 Å². The molecule has 4 atom stereocenters. The monoisotopic (exact) mass is 409 g/mol. The number of aliphatic hydroxyl groups is 1. The second-order valence-corrected chi connectivity index (χ2v) is 7.13. The molecule has 0 radical (unpaired) electrons. The van der Waals surface area contributed by atoms with E-state index >= 15 is 0 Å². The van der Waals surface area contributed by atoms with Gasteiger partial charge in [-0.15, -0.1) is 0 Å². The minimum absolute atomic E-state index is 0.0387. The summed E-state index contributed by atoms with van der Waals surface area (Å²) in [5, 5.41) is 23.2. The highest BCUT2D eigenvalue weighted by Gasteiger charge is 2.72. The standard InChI is InChI=1S/C16H20N4O5.CH3NO2/c1-6-11(18-3-9(17)22)14(24)10-7(5-21)16(25-2)15-8(19-15)4-20(16)12(10)13(6)23;2-1(3)4/h7-8,15,18-19,21H,3-5H2,1-2H3,(H2,17,22);2H2,(H,3,4). The van der Waals surface area contributed by atoms with E-state index in [1.54, 1.807) is 6.92 Å². The fraction of sp³-hybridized carbons (Fsp3) is 0.529. The van der Waals surface area contributed by atoms with Crippen molar-refractivity contribution in [3.8, 4) is 0 Å². The number of primary amides is 2. The van der Waals surface area contributed by atoms with Crippen LogP contribution in [0.25, 0.3) is 0 Å². The number of nitrogens with two attached hydrogens (primary N) is 2. The average molecular weight is 409 g/mol. The average Bonchev–Trinajstić information content (AvgIpc) is 3.25. The van der Waals surface area contributed by atoms with E-state index in [0.717, 1.165) is 0 Å². The molecule has 12 nitrogen and oxygen atoms in total. The number of nitrogens with zero attached hydrogens (tertiary/aromatic N) is 1. The van der Waals surface area contributed by atoms with Gasteiger partial charge in [-0.05, 0) is 6.92 Å². The Kier molecular flexibility index (Phi) is 5.11. The quantitative estimate of drug-likeness (QED) is 0.200. The molecule has 2 saturated heterocycles. The topological polar surface area (TPSA) is 207 Å². The number of amides is 2. The Morgan fingerprint density at radius 3 is 2.48 bits per heavy atom. The molecule has 2 fully saturated rings. The molecule has 4 rings (SSSR count). The molecule has 3 heterocycles. The fourth-order valence-corrected chi connectivity index (χ4v) is 4.53. The lowest BCUT2D eigenvalue weighted by Gasteiger charge is -2.39. The largest absolute Gasteiger partial charge is 0.465 e. The van der Waals surface area contributed by atoms with Crippen molar-refractivity contribution in [3.05, 3.63) is 22.5 Å². The second kappa shape index (κ2) is 7.13. The lowest BCUT2D eigenvalue weighted by molar-refractivity contribution is -0.137. The first kappa shape index (κ1) is 20.8. The molecule has 1 aliphatic carbocycles. The van der Waals surface area contributed by atoms with Crippen molar-refractivity contribution in [2.75, 3.05) is 26.8 Å². The summed E-state index contributed by atoms with van der Waals surface area (Å²) in [5.74, 6) is -1.97. The van der Waals surface area contributed by atoms with Crippen molar-refractivity contribution in [1.82, 2.24) is 15.5 Å². The molecule has 0 saturated carbocycles. The van der Waals surface area contributed by atoms with E-state index < -0.39 is 29.4 Å². The maximum Gasteiger partial charge on any atom is 0.402 e. The summed E-state index contributed by atoms with van der Waals surface area (Å²) >= 11 is 0. The number of carbonyl (C=O) groups excluding carboxylic acids is 3. The first-order valence-corrected chi connectivity index (χ1v) is 8.86. The van der Waals surface area contributed by atoms with Gasteiger partial charge >= 0.3 is 6.09 Å². The van der Waals surface area contributed by atoms with E-state index in [1.165, 1.54) is 7.11 Å². The Balaban J connectivity index is 0.000000552. The molecule has 0 aromatic carbocycles. The van der Waals surface area contributed by atoms with Gasteiger partial charge in [0, 0.05) is 30.8 Å². The number of ether oxygens (including phenoxy) is 1. The van der Waals surface area contributed by atoms with Crippen LogP contribution in [0, 0.1) is 5.92 Å². The number of nitrogens with one attached hydrogen (secondary N) is 2. The summed E-state index contributed by atoms with van der Waals surface area (Å²) in [6.07, 6.45) is -1.33. The number of aliphatic hydroxyl groups excluding tert-OH is 1. The van der Waals surface area contributed by atoms with Crippen LogP contribution in [0.15, 0.2) is 22.5 Å². The smallest absolute Gasteiger partial charge is 0.402 e. The van der Waals surface area contributed by atoms with E-state index in [1.807, 2.05) is 4.90 Å². The maximum absolute atomic E-state index is 13.1. The van der Waals surface area contributed by atoms with E-state index in [9.17, 15) is 19.5 Å². The Hall–Kier alpha value is -2.96. The predicted molar refractivity (Wildman–Crippen MR) is 96.9 cm³/mol. The lowest BCUT2D eigenvalue weighted by atomic mass is 9.82. The van der Waals surface area contributed by atoms with E-state index in [2.05, 4.69) is 16.4 Å². The molecule has 3 aliphatic heterocycles. The van der Waals surface area contributed by atoms with Gasteiger partial charge in [0.25, 0.3) is 0 Å². The normalized spacial score (nSPS) is 31.7. The molecular weight excluding hydrogens is 386 g/mol. The number of ketones is 2. The zero-order valence-corrected chi connectivity index (χ0v) is 15.9. The van der Waals surface area contributed by atoms with Crippen LogP contribution in [-0.4, -0.2) is 83.3 Å². The third-order valence-electron chi connectivity index (χ3n) is 5.66. The van der Waals surface area contributed by atoms with Crippen LogP contribution in [0.5, 0.6) is 0 Å². The molecule has 0 spiro atoms. The number of hydrogen-bond donors (Lipinski definition) is 6. The van der Waals surface area contributed by atoms with Crippen LogP contribution in [0.1, 0.15) is 6.92 Å². The summed E-state index contributed by atoms with van der Waals surface area (Å²) in [6.45, 7) is 1.52. The highest BCUT2D eigenvalue weighted by atomic mass is 16.5. The van der Waals surface area contributed by atoms with E-state index in [4.69, 9.17) is 20.4 Å². The predicted octanol–water partition coefficient (Wildman–Crippen LogP) is -3.01. The van der Waals surface area contributed by atoms with Gasteiger partial charge in [-0.2, -0.15) is 0 Å². The third kappa shape index (κ3) is 2.96. The summed E-state index contributed by atoms with van der Waals surface area (Å²) in [4.78, 5) is 47.7. The van der Waals surface area contributed by atoms with Crippen molar-refractivity contribution in [2.45, 2.75) is 24.7 Å². The van der Waals surface area contributed by atoms with E-state index in [0.29, 0.717) is 12.2 Å². The number of methoxy groups -OCH3 is 1. The van der Waals surface area contributed by atoms with Crippen LogP contribution in [-0.2, 0) is 19.1 Å².